The number of carbonyl (C=O) groups is 4. The molecule has 7 rings (SSSR count). The molecule has 2 saturated heterocycles. The maximum Gasteiger partial charge on any atom is 0.234 e. The molecule has 1 aromatic carbocycles. The van der Waals surface area contributed by atoms with Crippen molar-refractivity contribution in [3.63, 3.8) is 0 Å². The molecule has 4 saturated carbocycles. The van der Waals surface area contributed by atoms with Gasteiger partial charge in [0, 0.05) is 6.54 Å². The van der Waals surface area contributed by atoms with E-state index in [2.05, 4.69) is 0 Å². The second-order valence-electron chi connectivity index (χ2n) is 11.6. The average Bonchev–Trinajstić information content (AvgIpc) is 3.68. The third-order valence-corrected chi connectivity index (χ3v) is 9.97. The van der Waals surface area contributed by atoms with Gasteiger partial charge in [-0.3, -0.25) is 33.9 Å². The Morgan fingerprint density at radius 1 is 0.618 bits per heavy atom. The van der Waals surface area contributed by atoms with Crippen LogP contribution in [0.2, 0.25) is 0 Å². The SMILES string of the molecule is O=C1[C@@H]2[C@@H]3CC[C@H](C3)[C@@H]2C(=O)N1CN(Cc1ccccc1)CN1C(=O)[C@@H]2[C@H]3CC[C@@H](C3)[C@@H]2C1=O. The minimum Gasteiger partial charge on any atom is -0.274 e. The molecule has 8 atom stereocenters. The molecule has 4 bridgehead atoms. The molecule has 0 radical (unpaired) electrons. The Bertz CT molecular complexity index is 953. The van der Waals surface area contributed by atoms with Gasteiger partial charge in [0.2, 0.25) is 23.6 Å². The van der Waals surface area contributed by atoms with Crippen LogP contribution >= 0.6 is 0 Å². The quantitative estimate of drug-likeness (QED) is 0.609. The highest BCUT2D eigenvalue weighted by Crippen LogP contribution is 2.57. The predicted molar refractivity (Wildman–Crippen MR) is 121 cm³/mol. The Hall–Kier alpha value is -2.54. The van der Waals surface area contributed by atoms with Gasteiger partial charge in [0.25, 0.3) is 0 Å². The van der Waals surface area contributed by atoms with E-state index in [4.69, 9.17) is 0 Å². The van der Waals surface area contributed by atoms with Crippen LogP contribution in [-0.2, 0) is 25.7 Å². The zero-order valence-electron chi connectivity index (χ0n) is 19.3. The summed E-state index contributed by atoms with van der Waals surface area (Å²) in [5, 5.41) is 0. The fourth-order valence-electron chi connectivity index (χ4n) is 8.61. The van der Waals surface area contributed by atoms with Gasteiger partial charge >= 0.3 is 0 Å². The van der Waals surface area contributed by atoms with Crippen LogP contribution in [-0.4, -0.2) is 51.7 Å². The molecule has 7 nitrogen and oxygen atoms in total. The van der Waals surface area contributed by atoms with Crippen molar-refractivity contribution in [2.45, 2.75) is 45.1 Å². The number of benzene rings is 1. The highest BCUT2D eigenvalue weighted by atomic mass is 16.2. The van der Waals surface area contributed by atoms with Gasteiger partial charge in [-0.1, -0.05) is 30.3 Å². The third-order valence-electron chi connectivity index (χ3n) is 9.97. The molecule has 2 aliphatic heterocycles. The lowest BCUT2D eigenvalue weighted by Crippen LogP contribution is -2.48. The smallest absolute Gasteiger partial charge is 0.234 e. The summed E-state index contributed by atoms with van der Waals surface area (Å²) in [6, 6.07) is 9.85. The average molecular weight is 462 g/mol. The van der Waals surface area contributed by atoms with Gasteiger partial charge < -0.3 is 0 Å². The van der Waals surface area contributed by atoms with Crippen molar-refractivity contribution in [1.82, 2.24) is 14.7 Å². The van der Waals surface area contributed by atoms with Gasteiger partial charge in [0.05, 0.1) is 37.0 Å². The number of fused-ring (bicyclic) bond motifs is 10. The number of rotatable bonds is 6. The molecule has 0 unspecified atom stereocenters. The van der Waals surface area contributed by atoms with Crippen molar-refractivity contribution < 1.29 is 19.2 Å². The molecule has 6 aliphatic rings. The highest BCUT2D eigenvalue weighted by Gasteiger charge is 2.62. The van der Waals surface area contributed by atoms with Crippen molar-refractivity contribution in [1.29, 1.82) is 0 Å². The van der Waals surface area contributed by atoms with E-state index >= 15 is 0 Å². The summed E-state index contributed by atoms with van der Waals surface area (Å²) in [6.07, 6.45) is 6.22. The van der Waals surface area contributed by atoms with Crippen molar-refractivity contribution in [2.75, 3.05) is 13.3 Å². The highest BCUT2D eigenvalue weighted by molar-refractivity contribution is 6.07. The minimum atomic E-state index is -0.158. The zero-order chi connectivity index (χ0) is 23.1. The second kappa shape index (κ2) is 7.48. The van der Waals surface area contributed by atoms with E-state index in [0.29, 0.717) is 30.2 Å². The predicted octanol–water partition coefficient (Wildman–Crippen LogP) is 2.47. The lowest BCUT2D eigenvalue weighted by atomic mass is 9.81. The van der Waals surface area contributed by atoms with Gasteiger partial charge in [-0.15, -0.1) is 0 Å². The molecular weight excluding hydrogens is 430 g/mol. The van der Waals surface area contributed by atoms with Crippen molar-refractivity contribution >= 4 is 23.6 Å². The molecule has 2 heterocycles. The molecule has 7 heteroatoms. The number of nitrogens with zero attached hydrogens (tertiary/aromatic N) is 3. The van der Waals surface area contributed by atoms with Crippen LogP contribution in [0.15, 0.2) is 30.3 Å². The first kappa shape index (κ1) is 20.8. The van der Waals surface area contributed by atoms with E-state index in [1.807, 2.05) is 35.2 Å². The number of amides is 4. The monoisotopic (exact) mass is 461 g/mol. The Morgan fingerprint density at radius 2 is 1.00 bits per heavy atom. The van der Waals surface area contributed by atoms with Gasteiger partial charge in [-0.25, -0.2) is 0 Å². The summed E-state index contributed by atoms with van der Waals surface area (Å²) in [6.45, 7) is 0.746. The van der Waals surface area contributed by atoms with E-state index < -0.39 is 0 Å². The number of hydrogen-bond donors (Lipinski definition) is 0. The first-order valence-electron chi connectivity index (χ1n) is 13.0. The molecule has 0 spiro atoms. The van der Waals surface area contributed by atoms with Crippen LogP contribution < -0.4 is 0 Å². The first-order chi connectivity index (χ1) is 16.5. The fraction of sp³-hybridized carbons (Fsp3) is 0.630. The molecule has 0 aromatic heterocycles. The van der Waals surface area contributed by atoms with Gasteiger partial charge in [-0.2, -0.15) is 0 Å². The van der Waals surface area contributed by atoms with E-state index in [-0.39, 0.29) is 60.6 Å². The van der Waals surface area contributed by atoms with E-state index in [1.54, 1.807) is 0 Å². The Balaban J connectivity index is 1.14. The molecule has 0 N–H and O–H groups in total. The van der Waals surface area contributed by atoms with Gasteiger partial charge in [0.15, 0.2) is 0 Å². The third kappa shape index (κ3) is 2.85. The molecular formula is C27H31N3O4. The standard InChI is InChI=1S/C27H31N3O4/c31-24-20-16-6-7-17(10-16)21(20)25(32)29(24)13-28(12-15-4-2-1-3-5-15)14-30-26(33)22-18-8-9-19(11-18)23(22)27(30)34/h1-5,16-23H,6-14H2/t16-,17-,18+,19+,20-,21+,22-,23+. The Morgan fingerprint density at radius 3 is 1.38 bits per heavy atom. The van der Waals surface area contributed by atoms with E-state index in [9.17, 15) is 19.2 Å². The molecule has 6 fully saturated rings. The van der Waals surface area contributed by atoms with E-state index in [1.165, 1.54) is 9.80 Å². The lowest BCUT2D eigenvalue weighted by molar-refractivity contribution is -0.146. The van der Waals surface area contributed by atoms with Crippen LogP contribution in [0, 0.1) is 47.3 Å². The summed E-state index contributed by atoms with van der Waals surface area (Å²) < 4.78 is 0. The molecule has 4 aliphatic carbocycles. The molecule has 178 valence electrons. The number of hydrogen-bond acceptors (Lipinski definition) is 5. The summed E-state index contributed by atoms with van der Waals surface area (Å²) in [7, 11) is 0. The maximum atomic E-state index is 13.3. The lowest BCUT2D eigenvalue weighted by Gasteiger charge is -2.31. The first-order valence-corrected chi connectivity index (χ1v) is 13.0. The number of imide groups is 2. The van der Waals surface area contributed by atoms with Crippen molar-refractivity contribution in [3.8, 4) is 0 Å². The largest absolute Gasteiger partial charge is 0.274 e. The van der Waals surface area contributed by atoms with Crippen LogP contribution in [0.1, 0.15) is 44.1 Å². The maximum absolute atomic E-state index is 13.3. The number of likely N-dealkylation sites (tertiary alicyclic amines) is 2. The summed E-state index contributed by atoms with van der Waals surface area (Å²) >= 11 is 0. The van der Waals surface area contributed by atoms with Crippen LogP contribution in [0.3, 0.4) is 0 Å². The van der Waals surface area contributed by atoms with Crippen LogP contribution in [0.5, 0.6) is 0 Å². The van der Waals surface area contributed by atoms with E-state index in [0.717, 1.165) is 44.1 Å². The molecule has 34 heavy (non-hydrogen) atoms. The number of carbonyl (C=O) groups excluding carboxylic acids is 4. The summed E-state index contributed by atoms with van der Waals surface area (Å²) in [5.74, 6) is 0.555. The second-order valence-corrected chi connectivity index (χ2v) is 11.6. The van der Waals surface area contributed by atoms with Gasteiger partial charge in [-0.05, 0) is 67.8 Å². The zero-order valence-corrected chi connectivity index (χ0v) is 19.3. The summed E-state index contributed by atoms with van der Waals surface area (Å²) in [5.41, 5.74) is 1.03. The normalized spacial score (nSPS) is 39.8. The van der Waals surface area contributed by atoms with Crippen LogP contribution in [0.25, 0.3) is 0 Å². The minimum absolute atomic E-state index is 0.0470. The van der Waals surface area contributed by atoms with Gasteiger partial charge in [0.1, 0.15) is 0 Å². The fourth-order valence-corrected chi connectivity index (χ4v) is 8.61. The Kier molecular flexibility index (Phi) is 4.57. The van der Waals surface area contributed by atoms with Crippen LogP contribution in [0.4, 0.5) is 0 Å². The summed E-state index contributed by atoms with van der Waals surface area (Å²) in [4.78, 5) is 58.1. The molecule has 1 aromatic rings. The molecule has 4 amide bonds. The topological polar surface area (TPSA) is 78.0 Å². The van der Waals surface area contributed by atoms with Crippen molar-refractivity contribution in [3.05, 3.63) is 35.9 Å². The Labute approximate surface area is 199 Å². The van der Waals surface area contributed by atoms with Crippen molar-refractivity contribution in [2.24, 2.45) is 47.3 Å².